The fourth-order valence-corrected chi connectivity index (χ4v) is 3.64. The van der Waals surface area contributed by atoms with Crippen molar-refractivity contribution in [2.45, 2.75) is 0 Å². The summed E-state index contributed by atoms with van der Waals surface area (Å²) < 4.78 is 1.36. The lowest BCUT2D eigenvalue weighted by atomic mass is 10.2. The van der Waals surface area contributed by atoms with Gasteiger partial charge < -0.3 is 0 Å². The van der Waals surface area contributed by atoms with Gasteiger partial charge in [0.25, 0.3) is 5.91 Å². The van der Waals surface area contributed by atoms with Gasteiger partial charge in [0, 0.05) is 10.7 Å². The summed E-state index contributed by atoms with van der Waals surface area (Å²) in [5.74, 6) is -0.123. The summed E-state index contributed by atoms with van der Waals surface area (Å²) in [6, 6.07) is 13.1. The molecule has 3 rings (SSSR count). The van der Waals surface area contributed by atoms with Crippen LogP contribution in [0.3, 0.4) is 0 Å². The second-order valence-corrected chi connectivity index (χ2v) is 6.75. The molecule has 6 heteroatoms. The molecule has 0 unspecified atom stereocenters. The van der Waals surface area contributed by atoms with E-state index in [1.807, 2.05) is 42.5 Å². The normalized spacial score (nSPS) is 16.8. The van der Waals surface area contributed by atoms with E-state index in [2.05, 4.69) is 20.9 Å². The topological polar surface area (TPSA) is 33.2 Å². The van der Waals surface area contributed by atoms with E-state index in [4.69, 9.17) is 12.2 Å². The van der Waals surface area contributed by atoms with Gasteiger partial charge in [0.1, 0.15) is 0 Å². The molecule has 1 aromatic heterocycles. The zero-order valence-corrected chi connectivity index (χ0v) is 13.9. The van der Waals surface area contributed by atoms with Crippen LogP contribution in [0.2, 0.25) is 0 Å². The quantitative estimate of drug-likeness (QED) is 0.579. The molecule has 104 valence electrons. The number of carbonyl (C=O) groups excluding carboxylic acids is 1. The number of hydrogen-bond acceptors (Lipinski definition) is 4. The Morgan fingerprint density at radius 1 is 1.19 bits per heavy atom. The third kappa shape index (κ3) is 2.92. The Kier molecular flexibility index (Phi) is 4.19. The van der Waals surface area contributed by atoms with Gasteiger partial charge in [-0.2, -0.15) is 0 Å². The SMILES string of the molecule is O=C1/C(=C\c2ccccn2)SC(=S)N1c1ccccc1Br. The number of thiocarbonyl (C=S) groups is 1. The standard InChI is InChI=1S/C15H9BrN2OS2/c16-11-6-1-2-7-12(11)18-14(19)13(21-15(18)20)9-10-5-3-4-8-17-10/h1-9H/b13-9+. The number of hydrogen-bond donors (Lipinski definition) is 0. The molecule has 1 saturated heterocycles. The van der Waals surface area contributed by atoms with Gasteiger partial charge in [0.05, 0.1) is 16.3 Å². The first-order valence-corrected chi connectivity index (χ1v) is 8.12. The Balaban J connectivity index is 1.97. The molecule has 21 heavy (non-hydrogen) atoms. The Morgan fingerprint density at radius 3 is 2.67 bits per heavy atom. The predicted octanol–water partition coefficient (Wildman–Crippen LogP) is 4.25. The lowest BCUT2D eigenvalue weighted by molar-refractivity contribution is -0.113. The predicted molar refractivity (Wildman–Crippen MR) is 94.0 cm³/mol. The molecule has 2 aromatic rings. The second-order valence-electron chi connectivity index (χ2n) is 4.22. The number of nitrogens with zero attached hydrogens (tertiary/aromatic N) is 2. The van der Waals surface area contributed by atoms with Crippen LogP contribution in [0.5, 0.6) is 0 Å². The van der Waals surface area contributed by atoms with Crippen molar-refractivity contribution < 1.29 is 4.79 Å². The molecule has 1 aliphatic heterocycles. The maximum atomic E-state index is 12.6. The minimum Gasteiger partial charge on any atom is -0.268 e. The summed E-state index contributed by atoms with van der Waals surface area (Å²) in [6.45, 7) is 0. The fraction of sp³-hybridized carbons (Fsp3) is 0. The summed E-state index contributed by atoms with van der Waals surface area (Å²) >= 11 is 10.1. The van der Waals surface area contributed by atoms with Gasteiger partial charge in [0.15, 0.2) is 4.32 Å². The lowest BCUT2D eigenvalue weighted by Gasteiger charge is -2.15. The van der Waals surface area contributed by atoms with Crippen LogP contribution in [-0.2, 0) is 4.79 Å². The molecule has 1 aromatic carbocycles. The lowest BCUT2D eigenvalue weighted by Crippen LogP contribution is -2.27. The molecule has 0 N–H and O–H groups in total. The minimum absolute atomic E-state index is 0.123. The molecule has 0 spiro atoms. The Morgan fingerprint density at radius 2 is 1.95 bits per heavy atom. The first-order chi connectivity index (χ1) is 10.2. The minimum atomic E-state index is -0.123. The fourth-order valence-electron chi connectivity index (χ4n) is 1.90. The zero-order valence-electron chi connectivity index (χ0n) is 10.7. The average molecular weight is 377 g/mol. The van der Waals surface area contributed by atoms with Crippen LogP contribution < -0.4 is 4.90 Å². The van der Waals surface area contributed by atoms with E-state index in [9.17, 15) is 4.79 Å². The maximum Gasteiger partial charge on any atom is 0.270 e. The number of amides is 1. The molecule has 0 aliphatic carbocycles. The van der Waals surface area contributed by atoms with Crippen LogP contribution in [0, 0.1) is 0 Å². The van der Waals surface area contributed by atoms with E-state index < -0.39 is 0 Å². The molecular weight excluding hydrogens is 368 g/mol. The van der Waals surface area contributed by atoms with Gasteiger partial charge in [-0.3, -0.25) is 14.7 Å². The largest absolute Gasteiger partial charge is 0.270 e. The highest BCUT2D eigenvalue weighted by Crippen LogP contribution is 2.38. The molecule has 0 atom stereocenters. The summed E-state index contributed by atoms with van der Waals surface area (Å²) in [5.41, 5.74) is 1.49. The van der Waals surface area contributed by atoms with E-state index in [1.54, 1.807) is 17.2 Å². The van der Waals surface area contributed by atoms with E-state index in [0.717, 1.165) is 15.9 Å². The number of rotatable bonds is 2. The van der Waals surface area contributed by atoms with Gasteiger partial charge in [-0.1, -0.05) is 42.2 Å². The first-order valence-electron chi connectivity index (χ1n) is 6.10. The summed E-state index contributed by atoms with van der Waals surface area (Å²) in [6.07, 6.45) is 3.45. The van der Waals surface area contributed by atoms with Crippen LogP contribution in [0.25, 0.3) is 6.08 Å². The van der Waals surface area contributed by atoms with Crippen LogP contribution in [-0.4, -0.2) is 15.2 Å². The van der Waals surface area contributed by atoms with Crippen molar-refractivity contribution in [1.29, 1.82) is 0 Å². The highest BCUT2D eigenvalue weighted by atomic mass is 79.9. The number of para-hydroxylation sites is 1. The number of halogens is 1. The van der Waals surface area contributed by atoms with Crippen molar-refractivity contribution in [3.8, 4) is 0 Å². The van der Waals surface area contributed by atoms with Crippen molar-refractivity contribution >= 4 is 61.9 Å². The van der Waals surface area contributed by atoms with Gasteiger partial charge >= 0.3 is 0 Å². The van der Waals surface area contributed by atoms with E-state index in [1.165, 1.54) is 11.8 Å². The second kappa shape index (κ2) is 6.09. The Bertz CT molecular complexity index is 746. The third-order valence-corrected chi connectivity index (χ3v) is 4.83. The highest BCUT2D eigenvalue weighted by Gasteiger charge is 2.34. The number of thioether (sulfide) groups is 1. The van der Waals surface area contributed by atoms with Crippen LogP contribution in [0.4, 0.5) is 5.69 Å². The number of benzene rings is 1. The smallest absolute Gasteiger partial charge is 0.268 e. The average Bonchev–Trinajstić information content (AvgIpc) is 2.76. The van der Waals surface area contributed by atoms with Crippen molar-refractivity contribution in [2.75, 3.05) is 4.90 Å². The number of pyridine rings is 1. The molecule has 1 fully saturated rings. The summed E-state index contributed by atoms with van der Waals surface area (Å²) in [4.78, 5) is 18.9. The van der Waals surface area contributed by atoms with Gasteiger partial charge in [-0.05, 0) is 46.3 Å². The van der Waals surface area contributed by atoms with Crippen molar-refractivity contribution in [1.82, 2.24) is 4.98 Å². The molecule has 0 bridgehead atoms. The molecule has 3 nitrogen and oxygen atoms in total. The molecule has 1 amide bonds. The monoisotopic (exact) mass is 376 g/mol. The molecular formula is C15H9BrN2OS2. The molecule has 2 heterocycles. The van der Waals surface area contributed by atoms with Crippen LogP contribution >= 0.6 is 39.9 Å². The van der Waals surface area contributed by atoms with Crippen LogP contribution in [0.15, 0.2) is 58.0 Å². The van der Waals surface area contributed by atoms with Crippen molar-refractivity contribution in [2.24, 2.45) is 0 Å². The Hall–Kier alpha value is -1.50. The van der Waals surface area contributed by atoms with E-state index in [0.29, 0.717) is 9.23 Å². The number of anilines is 1. The zero-order chi connectivity index (χ0) is 14.8. The van der Waals surface area contributed by atoms with Crippen molar-refractivity contribution in [3.63, 3.8) is 0 Å². The maximum absolute atomic E-state index is 12.6. The molecule has 0 saturated carbocycles. The third-order valence-electron chi connectivity index (χ3n) is 2.85. The molecule has 0 radical (unpaired) electrons. The van der Waals surface area contributed by atoms with Crippen LogP contribution in [0.1, 0.15) is 5.69 Å². The molecule has 1 aliphatic rings. The van der Waals surface area contributed by atoms with Crippen molar-refractivity contribution in [3.05, 3.63) is 63.7 Å². The highest BCUT2D eigenvalue weighted by molar-refractivity contribution is 9.10. The summed E-state index contributed by atoms with van der Waals surface area (Å²) in [5, 5.41) is 0. The van der Waals surface area contributed by atoms with Gasteiger partial charge in [-0.15, -0.1) is 0 Å². The van der Waals surface area contributed by atoms with Gasteiger partial charge in [-0.25, -0.2) is 0 Å². The first kappa shape index (κ1) is 14.4. The van der Waals surface area contributed by atoms with E-state index in [-0.39, 0.29) is 5.91 Å². The van der Waals surface area contributed by atoms with Gasteiger partial charge in [0.2, 0.25) is 0 Å². The number of carbonyl (C=O) groups is 1. The number of aromatic nitrogens is 1. The Labute approximate surface area is 140 Å². The summed E-state index contributed by atoms with van der Waals surface area (Å²) in [7, 11) is 0. The van der Waals surface area contributed by atoms with E-state index >= 15 is 0 Å².